The summed E-state index contributed by atoms with van der Waals surface area (Å²) in [5.41, 5.74) is 0.545. The molecule has 1 N–H and O–H groups in total. The lowest BCUT2D eigenvalue weighted by molar-refractivity contribution is -0.137. The van der Waals surface area contributed by atoms with Gasteiger partial charge >= 0.3 is 6.18 Å². The van der Waals surface area contributed by atoms with Gasteiger partial charge in [-0.15, -0.1) is 0 Å². The van der Waals surface area contributed by atoms with E-state index in [1.54, 1.807) is 0 Å². The zero-order chi connectivity index (χ0) is 18.4. The minimum absolute atomic E-state index is 0.0965. The molecule has 1 amide bonds. The molecule has 0 unspecified atom stereocenters. The number of hydrogen-bond donors (Lipinski definition) is 1. The molecule has 1 atom stereocenters. The Morgan fingerprint density at radius 1 is 1.08 bits per heavy atom. The molecule has 25 heavy (non-hydrogen) atoms. The fraction of sp³-hybridized carbons (Fsp3) is 0.316. The lowest BCUT2D eigenvalue weighted by Gasteiger charge is -2.23. The van der Waals surface area contributed by atoms with Gasteiger partial charge in [-0.05, 0) is 31.3 Å². The number of nitrogens with one attached hydrogen (secondary N) is 1. The number of benzene rings is 2. The number of rotatable bonds is 6. The van der Waals surface area contributed by atoms with Crippen molar-refractivity contribution in [2.75, 3.05) is 20.6 Å². The third kappa shape index (κ3) is 5.90. The van der Waals surface area contributed by atoms with E-state index in [1.165, 1.54) is 12.1 Å². The van der Waals surface area contributed by atoms with Crippen molar-refractivity contribution in [3.8, 4) is 0 Å². The van der Waals surface area contributed by atoms with Crippen LogP contribution in [0, 0.1) is 0 Å². The lowest BCUT2D eigenvalue weighted by atomic mass is 10.0. The maximum atomic E-state index is 12.8. The minimum Gasteiger partial charge on any atom is -0.348 e. The molecule has 6 heteroatoms. The van der Waals surface area contributed by atoms with Gasteiger partial charge in [0.15, 0.2) is 0 Å². The number of carbonyl (C=O) groups excluding carboxylic acids is 1. The molecule has 0 spiro atoms. The van der Waals surface area contributed by atoms with Crippen molar-refractivity contribution >= 4 is 5.91 Å². The van der Waals surface area contributed by atoms with Gasteiger partial charge in [0, 0.05) is 6.54 Å². The standard InChI is InChI=1S/C19H21F3N2O/c1-24(2)13-17(15-8-4-3-5-9-15)23-18(25)12-14-7-6-10-16(11-14)19(20,21)22/h3-11,17H,12-13H2,1-2H3,(H,23,25)/t17-/m1/s1. The fourth-order valence-corrected chi connectivity index (χ4v) is 2.57. The van der Waals surface area contributed by atoms with Crippen LogP contribution in [0.1, 0.15) is 22.7 Å². The highest BCUT2D eigenvalue weighted by molar-refractivity contribution is 5.79. The lowest BCUT2D eigenvalue weighted by Crippen LogP contribution is -2.36. The Hall–Kier alpha value is -2.34. The zero-order valence-electron chi connectivity index (χ0n) is 14.2. The average Bonchev–Trinajstić information content (AvgIpc) is 2.54. The van der Waals surface area contributed by atoms with Crippen molar-refractivity contribution in [3.05, 3.63) is 71.3 Å². The molecule has 3 nitrogen and oxygen atoms in total. The van der Waals surface area contributed by atoms with Gasteiger partial charge in [0.1, 0.15) is 0 Å². The first-order valence-electron chi connectivity index (χ1n) is 7.91. The Morgan fingerprint density at radius 3 is 2.36 bits per heavy atom. The van der Waals surface area contributed by atoms with Crippen LogP contribution in [0.4, 0.5) is 13.2 Å². The van der Waals surface area contributed by atoms with E-state index in [-0.39, 0.29) is 18.4 Å². The van der Waals surface area contributed by atoms with Crippen molar-refractivity contribution in [2.45, 2.75) is 18.6 Å². The van der Waals surface area contributed by atoms with Crippen LogP contribution in [0.3, 0.4) is 0 Å². The molecule has 0 aliphatic carbocycles. The van der Waals surface area contributed by atoms with E-state index >= 15 is 0 Å². The Morgan fingerprint density at radius 2 is 1.76 bits per heavy atom. The van der Waals surface area contributed by atoms with Crippen molar-refractivity contribution in [1.82, 2.24) is 10.2 Å². The van der Waals surface area contributed by atoms with E-state index in [0.29, 0.717) is 12.1 Å². The summed E-state index contributed by atoms with van der Waals surface area (Å²) in [6, 6.07) is 14.1. The number of likely N-dealkylation sites (N-methyl/N-ethyl adjacent to an activating group) is 1. The number of hydrogen-bond acceptors (Lipinski definition) is 2. The zero-order valence-corrected chi connectivity index (χ0v) is 14.2. The molecule has 0 heterocycles. The molecular formula is C19H21F3N2O. The van der Waals surface area contributed by atoms with Crippen LogP contribution in [0.25, 0.3) is 0 Å². The van der Waals surface area contributed by atoms with Crippen LogP contribution in [0.5, 0.6) is 0 Å². The second kappa shape index (κ2) is 8.16. The van der Waals surface area contributed by atoms with Crippen LogP contribution < -0.4 is 5.32 Å². The number of nitrogens with zero attached hydrogens (tertiary/aromatic N) is 1. The van der Waals surface area contributed by atoms with Crippen LogP contribution >= 0.6 is 0 Å². The summed E-state index contributed by atoms with van der Waals surface area (Å²) >= 11 is 0. The Balaban J connectivity index is 2.09. The Bertz CT molecular complexity index is 699. The maximum Gasteiger partial charge on any atom is 0.416 e. The predicted octanol–water partition coefficient (Wildman–Crippen LogP) is 3.67. The topological polar surface area (TPSA) is 32.3 Å². The summed E-state index contributed by atoms with van der Waals surface area (Å²) in [5.74, 6) is -0.310. The van der Waals surface area contributed by atoms with E-state index in [4.69, 9.17) is 0 Å². The van der Waals surface area contributed by atoms with Crippen LogP contribution in [0.2, 0.25) is 0 Å². The van der Waals surface area contributed by atoms with E-state index in [0.717, 1.165) is 17.7 Å². The van der Waals surface area contributed by atoms with Gasteiger partial charge in [0.25, 0.3) is 0 Å². The molecule has 0 saturated heterocycles. The quantitative estimate of drug-likeness (QED) is 0.862. The van der Waals surface area contributed by atoms with Gasteiger partial charge in [-0.2, -0.15) is 13.2 Å². The normalized spacial score (nSPS) is 12.9. The van der Waals surface area contributed by atoms with Crippen molar-refractivity contribution in [1.29, 1.82) is 0 Å². The summed E-state index contributed by atoms with van der Waals surface area (Å²) in [5, 5.41) is 2.91. The first kappa shape index (κ1) is 19.0. The minimum atomic E-state index is -4.41. The Kier molecular flexibility index (Phi) is 6.20. The predicted molar refractivity (Wildman–Crippen MR) is 91.0 cm³/mol. The van der Waals surface area contributed by atoms with E-state index in [2.05, 4.69) is 5.32 Å². The summed E-state index contributed by atoms with van der Waals surface area (Å²) in [7, 11) is 3.80. The van der Waals surface area contributed by atoms with Crippen LogP contribution in [-0.2, 0) is 17.4 Å². The average molecular weight is 350 g/mol. The SMILES string of the molecule is CN(C)C[C@@H](NC(=O)Cc1cccc(C(F)(F)F)c1)c1ccccc1. The maximum absolute atomic E-state index is 12.8. The molecule has 2 aromatic rings. The fourth-order valence-electron chi connectivity index (χ4n) is 2.57. The third-order valence-electron chi connectivity index (χ3n) is 3.70. The van der Waals surface area contributed by atoms with Gasteiger partial charge in [-0.25, -0.2) is 0 Å². The van der Waals surface area contributed by atoms with Gasteiger partial charge in [-0.1, -0.05) is 48.5 Å². The first-order valence-corrected chi connectivity index (χ1v) is 7.91. The van der Waals surface area contributed by atoms with Gasteiger partial charge < -0.3 is 10.2 Å². The highest BCUT2D eigenvalue weighted by atomic mass is 19.4. The van der Waals surface area contributed by atoms with Crippen LogP contribution in [-0.4, -0.2) is 31.4 Å². The summed E-state index contributed by atoms with van der Waals surface area (Å²) in [4.78, 5) is 14.3. The van der Waals surface area contributed by atoms with E-state index in [1.807, 2.05) is 49.3 Å². The second-order valence-corrected chi connectivity index (χ2v) is 6.17. The molecule has 0 aliphatic heterocycles. The molecular weight excluding hydrogens is 329 g/mol. The van der Waals surface area contributed by atoms with Crippen molar-refractivity contribution < 1.29 is 18.0 Å². The molecule has 2 aromatic carbocycles. The molecule has 2 rings (SSSR count). The highest BCUT2D eigenvalue weighted by Crippen LogP contribution is 2.29. The summed E-state index contributed by atoms with van der Waals surface area (Å²) < 4.78 is 38.3. The largest absolute Gasteiger partial charge is 0.416 e. The third-order valence-corrected chi connectivity index (χ3v) is 3.70. The van der Waals surface area contributed by atoms with Gasteiger partial charge in [-0.3, -0.25) is 4.79 Å². The molecule has 134 valence electrons. The number of halogens is 3. The molecule has 0 bridgehead atoms. The first-order chi connectivity index (χ1) is 11.8. The summed E-state index contributed by atoms with van der Waals surface area (Å²) in [6.07, 6.45) is -4.51. The molecule has 0 fully saturated rings. The monoisotopic (exact) mass is 350 g/mol. The molecule has 0 aromatic heterocycles. The number of amides is 1. The molecule has 0 radical (unpaired) electrons. The van der Waals surface area contributed by atoms with E-state index in [9.17, 15) is 18.0 Å². The second-order valence-electron chi connectivity index (χ2n) is 6.17. The highest BCUT2D eigenvalue weighted by Gasteiger charge is 2.30. The number of alkyl halides is 3. The van der Waals surface area contributed by atoms with Gasteiger partial charge in [0.05, 0.1) is 18.0 Å². The smallest absolute Gasteiger partial charge is 0.348 e. The van der Waals surface area contributed by atoms with Crippen molar-refractivity contribution in [3.63, 3.8) is 0 Å². The molecule has 0 saturated carbocycles. The number of carbonyl (C=O) groups is 1. The molecule has 0 aliphatic rings. The van der Waals surface area contributed by atoms with E-state index < -0.39 is 11.7 Å². The summed E-state index contributed by atoms with van der Waals surface area (Å²) in [6.45, 7) is 0.596. The van der Waals surface area contributed by atoms with Crippen molar-refractivity contribution in [2.24, 2.45) is 0 Å². The van der Waals surface area contributed by atoms with Gasteiger partial charge in [0.2, 0.25) is 5.91 Å². The van der Waals surface area contributed by atoms with Crippen LogP contribution in [0.15, 0.2) is 54.6 Å². The Labute approximate surface area is 145 Å².